The molecule has 1 N–H and O–H groups in total. The minimum absolute atomic E-state index is 0.391. The van der Waals surface area contributed by atoms with E-state index in [0.717, 1.165) is 24.9 Å². The lowest BCUT2D eigenvalue weighted by molar-refractivity contribution is -0.000435. The molecular weight excluding hydrogens is 210 g/mol. The third kappa shape index (κ3) is 3.96. The van der Waals surface area contributed by atoms with Crippen molar-refractivity contribution >= 4 is 0 Å². The molecular formula is C15H31NO. The molecule has 4 atom stereocenters. The summed E-state index contributed by atoms with van der Waals surface area (Å²) in [6, 6.07) is 0.546. The van der Waals surface area contributed by atoms with E-state index in [1.807, 2.05) is 0 Å². The van der Waals surface area contributed by atoms with Gasteiger partial charge in [0.15, 0.2) is 0 Å². The van der Waals surface area contributed by atoms with Crippen LogP contribution in [0.2, 0.25) is 0 Å². The normalized spacial score (nSPS) is 28.9. The Labute approximate surface area is 108 Å². The van der Waals surface area contributed by atoms with Crippen LogP contribution in [0.5, 0.6) is 0 Å². The first kappa shape index (κ1) is 15.0. The number of rotatable bonds is 7. The van der Waals surface area contributed by atoms with Gasteiger partial charge in [0.2, 0.25) is 0 Å². The van der Waals surface area contributed by atoms with E-state index < -0.39 is 0 Å². The summed E-state index contributed by atoms with van der Waals surface area (Å²) in [4.78, 5) is 0. The fourth-order valence-electron chi connectivity index (χ4n) is 3.58. The second-order valence-electron chi connectivity index (χ2n) is 5.33. The van der Waals surface area contributed by atoms with E-state index in [-0.39, 0.29) is 0 Å². The van der Waals surface area contributed by atoms with Gasteiger partial charge in [-0.15, -0.1) is 0 Å². The van der Waals surface area contributed by atoms with E-state index in [1.165, 1.54) is 32.1 Å². The van der Waals surface area contributed by atoms with Crippen molar-refractivity contribution in [2.75, 3.05) is 13.7 Å². The van der Waals surface area contributed by atoms with Crippen molar-refractivity contribution < 1.29 is 4.74 Å². The molecule has 1 rings (SSSR count). The van der Waals surface area contributed by atoms with Gasteiger partial charge in [-0.25, -0.2) is 0 Å². The van der Waals surface area contributed by atoms with Crippen molar-refractivity contribution in [3.63, 3.8) is 0 Å². The maximum absolute atomic E-state index is 5.93. The van der Waals surface area contributed by atoms with Crippen LogP contribution in [0.4, 0.5) is 0 Å². The minimum atomic E-state index is 0.391. The molecule has 1 aliphatic carbocycles. The fourth-order valence-corrected chi connectivity index (χ4v) is 3.58. The highest BCUT2D eigenvalue weighted by molar-refractivity contribution is 4.88. The Kier molecular flexibility index (Phi) is 7.14. The zero-order chi connectivity index (χ0) is 12.7. The van der Waals surface area contributed by atoms with Gasteiger partial charge in [-0.05, 0) is 38.6 Å². The second-order valence-corrected chi connectivity index (χ2v) is 5.33. The summed E-state index contributed by atoms with van der Waals surface area (Å²) in [6.45, 7) is 7.53. The summed E-state index contributed by atoms with van der Waals surface area (Å²) in [6.07, 6.45) is 8.47. The zero-order valence-corrected chi connectivity index (χ0v) is 12.2. The van der Waals surface area contributed by atoms with Gasteiger partial charge in [0.05, 0.1) is 6.10 Å². The SMILES string of the molecule is CCOC(CC)C(NC)C1CCCCC1CC. The van der Waals surface area contributed by atoms with Crippen molar-refractivity contribution in [1.82, 2.24) is 5.32 Å². The van der Waals surface area contributed by atoms with Crippen LogP contribution in [-0.2, 0) is 4.74 Å². The minimum Gasteiger partial charge on any atom is -0.377 e. The monoisotopic (exact) mass is 241 g/mol. The fraction of sp³-hybridized carbons (Fsp3) is 1.00. The summed E-state index contributed by atoms with van der Waals surface area (Å²) in [5.74, 6) is 1.71. The molecule has 0 bridgehead atoms. The predicted molar refractivity (Wildman–Crippen MR) is 74.3 cm³/mol. The van der Waals surface area contributed by atoms with Gasteiger partial charge in [0, 0.05) is 12.6 Å². The summed E-state index contributed by atoms with van der Waals surface area (Å²) in [5.41, 5.74) is 0. The Morgan fingerprint density at radius 2 is 1.88 bits per heavy atom. The van der Waals surface area contributed by atoms with Crippen LogP contribution >= 0.6 is 0 Å². The molecule has 0 aromatic heterocycles. The summed E-state index contributed by atoms with van der Waals surface area (Å²) < 4.78 is 5.93. The van der Waals surface area contributed by atoms with Crippen molar-refractivity contribution in [3.8, 4) is 0 Å². The van der Waals surface area contributed by atoms with Gasteiger partial charge in [0.25, 0.3) is 0 Å². The molecule has 0 radical (unpaired) electrons. The quantitative estimate of drug-likeness (QED) is 0.735. The van der Waals surface area contributed by atoms with E-state index in [0.29, 0.717) is 12.1 Å². The Morgan fingerprint density at radius 1 is 1.18 bits per heavy atom. The standard InChI is InChI=1S/C15H31NO/c1-5-12-10-8-9-11-13(12)15(16-4)14(6-2)17-7-3/h12-16H,5-11H2,1-4H3. The first-order valence-electron chi connectivity index (χ1n) is 7.57. The van der Waals surface area contributed by atoms with Crippen LogP contribution in [0, 0.1) is 11.8 Å². The largest absolute Gasteiger partial charge is 0.377 e. The number of ether oxygens (including phenoxy) is 1. The van der Waals surface area contributed by atoms with E-state index >= 15 is 0 Å². The molecule has 0 spiro atoms. The third-order valence-electron chi connectivity index (χ3n) is 4.47. The van der Waals surface area contributed by atoms with E-state index in [2.05, 4.69) is 33.1 Å². The highest BCUT2D eigenvalue weighted by Gasteiger charge is 2.34. The molecule has 0 amide bonds. The first-order chi connectivity index (χ1) is 8.28. The topological polar surface area (TPSA) is 21.3 Å². The maximum atomic E-state index is 5.93. The molecule has 17 heavy (non-hydrogen) atoms. The lowest BCUT2D eigenvalue weighted by atomic mass is 9.72. The summed E-state index contributed by atoms with van der Waals surface area (Å²) >= 11 is 0. The molecule has 1 aliphatic rings. The Balaban J connectivity index is 2.68. The zero-order valence-electron chi connectivity index (χ0n) is 12.2. The number of nitrogens with one attached hydrogen (secondary N) is 1. The van der Waals surface area contributed by atoms with Gasteiger partial charge in [-0.1, -0.05) is 39.5 Å². The van der Waals surface area contributed by atoms with Gasteiger partial charge < -0.3 is 10.1 Å². The van der Waals surface area contributed by atoms with E-state index in [4.69, 9.17) is 4.74 Å². The Bertz CT molecular complexity index is 195. The van der Waals surface area contributed by atoms with Crippen molar-refractivity contribution in [2.24, 2.45) is 11.8 Å². The highest BCUT2D eigenvalue weighted by atomic mass is 16.5. The Hall–Kier alpha value is -0.0800. The van der Waals surface area contributed by atoms with Crippen molar-refractivity contribution in [2.45, 2.75) is 71.4 Å². The molecule has 0 aliphatic heterocycles. The predicted octanol–water partition coefficient (Wildman–Crippen LogP) is 3.61. The van der Waals surface area contributed by atoms with Crippen LogP contribution in [0.1, 0.15) is 59.3 Å². The van der Waals surface area contributed by atoms with Crippen LogP contribution in [0.3, 0.4) is 0 Å². The van der Waals surface area contributed by atoms with Crippen LogP contribution in [0.15, 0.2) is 0 Å². The lowest BCUT2D eigenvalue weighted by Gasteiger charge is -2.40. The van der Waals surface area contributed by atoms with E-state index in [9.17, 15) is 0 Å². The average Bonchev–Trinajstić information content (AvgIpc) is 2.39. The van der Waals surface area contributed by atoms with Gasteiger partial charge >= 0.3 is 0 Å². The molecule has 1 saturated carbocycles. The lowest BCUT2D eigenvalue weighted by Crippen LogP contribution is -2.48. The van der Waals surface area contributed by atoms with Crippen molar-refractivity contribution in [1.29, 1.82) is 0 Å². The van der Waals surface area contributed by atoms with Gasteiger partial charge in [-0.2, -0.15) is 0 Å². The number of likely N-dealkylation sites (N-methyl/N-ethyl adjacent to an activating group) is 1. The molecule has 0 aromatic rings. The summed E-state index contributed by atoms with van der Waals surface area (Å²) in [7, 11) is 2.10. The molecule has 2 nitrogen and oxygen atoms in total. The van der Waals surface area contributed by atoms with Gasteiger partial charge in [0.1, 0.15) is 0 Å². The van der Waals surface area contributed by atoms with Crippen molar-refractivity contribution in [3.05, 3.63) is 0 Å². The van der Waals surface area contributed by atoms with Gasteiger partial charge in [-0.3, -0.25) is 0 Å². The summed E-state index contributed by atoms with van der Waals surface area (Å²) in [5, 5.41) is 3.55. The molecule has 4 unspecified atom stereocenters. The second kappa shape index (κ2) is 8.10. The molecule has 0 heterocycles. The maximum Gasteiger partial charge on any atom is 0.0727 e. The van der Waals surface area contributed by atoms with E-state index in [1.54, 1.807) is 0 Å². The first-order valence-corrected chi connectivity index (χ1v) is 7.57. The smallest absolute Gasteiger partial charge is 0.0727 e. The molecule has 102 valence electrons. The average molecular weight is 241 g/mol. The Morgan fingerprint density at radius 3 is 2.41 bits per heavy atom. The molecule has 0 aromatic carbocycles. The molecule has 0 saturated heterocycles. The highest BCUT2D eigenvalue weighted by Crippen LogP contribution is 2.36. The number of hydrogen-bond acceptors (Lipinski definition) is 2. The van der Waals surface area contributed by atoms with Crippen LogP contribution in [-0.4, -0.2) is 25.8 Å². The molecule has 1 fully saturated rings. The molecule has 2 heteroatoms. The third-order valence-corrected chi connectivity index (χ3v) is 4.47. The number of hydrogen-bond donors (Lipinski definition) is 1. The van der Waals surface area contributed by atoms with Crippen LogP contribution in [0.25, 0.3) is 0 Å². The van der Waals surface area contributed by atoms with Crippen LogP contribution < -0.4 is 5.32 Å².